The Morgan fingerprint density at radius 2 is 2.15 bits per heavy atom. The number of aromatic nitrogens is 1. The van der Waals surface area contributed by atoms with Gasteiger partial charge in [-0.05, 0) is 19.1 Å². The second kappa shape index (κ2) is 7.21. The summed E-state index contributed by atoms with van der Waals surface area (Å²) in [5.74, 6) is 0.284. The number of nitrogens with zero attached hydrogens (tertiary/aromatic N) is 4. The lowest BCUT2D eigenvalue weighted by molar-refractivity contribution is 0.121. The Labute approximate surface area is 119 Å². The third-order valence-corrected chi connectivity index (χ3v) is 3.91. The third kappa shape index (κ3) is 3.91. The van der Waals surface area contributed by atoms with Gasteiger partial charge in [0.25, 0.3) is 0 Å². The van der Waals surface area contributed by atoms with Gasteiger partial charge in [0.05, 0.1) is 6.04 Å². The maximum Gasteiger partial charge on any atom is 0.156 e. The van der Waals surface area contributed by atoms with Crippen LogP contribution in [0.15, 0.2) is 29.6 Å². The van der Waals surface area contributed by atoms with Crippen LogP contribution in [0.3, 0.4) is 0 Å². The van der Waals surface area contributed by atoms with Gasteiger partial charge in [-0.2, -0.15) is 0 Å². The molecule has 1 fully saturated rings. The first kappa shape index (κ1) is 14.7. The quantitative estimate of drug-likeness (QED) is 0.352. The SMILES string of the molecule is CC(C(N)=NO)N1CCN(CCc2ccccn2)CC1. The first-order valence-electron chi connectivity index (χ1n) is 7.04. The highest BCUT2D eigenvalue weighted by atomic mass is 16.4. The molecule has 20 heavy (non-hydrogen) atoms. The van der Waals surface area contributed by atoms with Gasteiger partial charge < -0.3 is 15.8 Å². The minimum absolute atomic E-state index is 0.00191. The second-order valence-corrected chi connectivity index (χ2v) is 5.15. The van der Waals surface area contributed by atoms with Crippen LogP contribution in [0.5, 0.6) is 0 Å². The van der Waals surface area contributed by atoms with Gasteiger partial charge in [-0.3, -0.25) is 9.88 Å². The van der Waals surface area contributed by atoms with Crippen LogP contribution in [-0.2, 0) is 6.42 Å². The molecule has 1 aliphatic rings. The molecule has 2 heterocycles. The molecule has 2 rings (SSSR count). The summed E-state index contributed by atoms with van der Waals surface area (Å²) in [6.07, 6.45) is 2.82. The molecule has 0 amide bonds. The van der Waals surface area contributed by atoms with Crippen LogP contribution in [-0.4, -0.2) is 64.6 Å². The van der Waals surface area contributed by atoms with Crippen molar-refractivity contribution in [3.05, 3.63) is 30.1 Å². The highest BCUT2D eigenvalue weighted by Gasteiger charge is 2.23. The molecule has 0 bridgehead atoms. The summed E-state index contributed by atoms with van der Waals surface area (Å²) >= 11 is 0. The molecule has 6 heteroatoms. The van der Waals surface area contributed by atoms with Crippen LogP contribution in [0.2, 0.25) is 0 Å². The molecule has 0 radical (unpaired) electrons. The lowest BCUT2D eigenvalue weighted by Crippen LogP contribution is -2.53. The van der Waals surface area contributed by atoms with E-state index in [9.17, 15) is 0 Å². The summed E-state index contributed by atoms with van der Waals surface area (Å²) < 4.78 is 0. The molecular weight excluding hydrogens is 254 g/mol. The highest BCUT2D eigenvalue weighted by molar-refractivity contribution is 5.84. The van der Waals surface area contributed by atoms with E-state index in [2.05, 4.69) is 26.0 Å². The lowest BCUT2D eigenvalue weighted by Gasteiger charge is -2.37. The van der Waals surface area contributed by atoms with Crippen LogP contribution in [0.25, 0.3) is 0 Å². The predicted molar refractivity (Wildman–Crippen MR) is 78.8 cm³/mol. The molecule has 0 aliphatic carbocycles. The van der Waals surface area contributed by atoms with Crippen molar-refractivity contribution in [3.63, 3.8) is 0 Å². The zero-order valence-corrected chi connectivity index (χ0v) is 11.9. The Balaban J connectivity index is 1.74. The maximum atomic E-state index is 8.72. The Bertz CT molecular complexity index is 428. The minimum Gasteiger partial charge on any atom is -0.409 e. The molecule has 1 saturated heterocycles. The molecule has 0 saturated carbocycles. The standard InChI is InChI=1S/C14H23N5O/c1-12(14(15)17-20)19-10-8-18(9-11-19)7-5-13-4-2-3-6-16-13/h2-4,6,12,20H,5,7-11H2,1H3,(H2,15,17). The van der Waals surface area contributed by atoms with Crippen molar-refractivity contribution in [2.75, 3.05) is 32.7 Å². The zero-order chi connectivity index (χ0) is 14.4. The fourth-order valence-electron chi connectivity index (χ4n) is 2.46. The van der Waals surface area contributed by atoms with E-state index in [-0.39, 0.29) is 11.9 Å². The number of pyridine rings is 1. The number of amidine groups is 1. The van der Waals surface area contributed by atoms with E-state index in [1.807, 2.05) is 25.3 Å². The van der Waals surface area contributed by atoms with Gasteiger partial charge in [-0.25, -0.2) is 0 Å². The topological polar surface area (TPSA) is 78.0 Å². The number of nitrogens with two attached hydrogens (primary N) is 1. The lowest BCUT2D eigenvalue weighted by atomic mass is 10.2. The van der Waals surface area contributed by atoms with Crippen molar-refractivity contribution in [2.45, 2.75) is 19.4 Å². The summed E-state index contributed by atoms with van der Waals surface area (Å²) in [6, 6.07) is 6.03. The summed E-state index contributed by atoms with van der Waals surface area (Å²) in [4.78, 5) is 9.02. The molecule has 6 nitrogen and oxygen atoms in total. The average molecular weight is 277 g/mol. The molecule has 3 N–H and O–H groups in total. The van der Waals surface area contributed by atoms with E-state index in [1.54, 1.807) is 0 Å². The first-order chi connectivity index (χ1) is 9.70. The summed E-state index contributed by atoms with van der Waals surface area (Å²) in [5, 5.41) is 11.8. The summed E-state index contributed by atoms with van der Waals surface area (Å²) in [5.41, 5.74) is 6.79. The largest absolute Gasteiger partial charge is 0.409 e. The predicted octanol–water partition coefficient (Wildman–Crippen LogP) is 0.377. The first-order valence-corrected chi connectivity index (χ1v) is 7.04. The number of hydrogen-bond donors (Lipinski definition) is 2. The Morgan fingerprint density at radius 1 is 1.40 bits per heavy atom. The molecule has 0 spiro atoms. The molecule has 1 aromatic heterocycles. The van der Waals surface area contributed by atoms with E-state index >= 15 is 0 Å². The van der Waals surface area contributed by atoms with Crippen molar-refractivity contribution in [3.8, 4) is 0 Å². The van der Waals surface area contributed by atoms with Crippen molar-refractivity contribution in [2.24, 2.45) is 10.9 Å². The van der Waals surface area contributed by atoms with Crippen molar-refractivity contribution < 1.29 is 5.21 Å². The van der Waals surface area contributed by atoms with E-state index in [0.717, 1.165) is 44.8 Å². The Kier molecular flexibility index (Phi) is 5.31. The molecule has 1 atom stereocenters. The van der Waals surface area contributed by atoms with Gasteiger partial charge in [0.15, 0.2) is 5.84 Å². The van der Waals surface area contributed by atoms with E-state index in [1.165, 1.54) is 0 Å². The summed E-state index contributed by atoms with van der Waals surface area (Å²) in [7, 11) is 0. The van der Waals surface area contributed by atoms with Crippen LogP contribution in [0.1, 0.15) is 12.6 Å². The van der Waals surface area contributed by atoms with Crippen LogP contribution in [0, 0.1) is 0 Å². The number of piperazine rings is 1. The van der Waals surface area contributed by atoms with Crippen LogP contribution in [0.4, 0.5) is 0 Å². The molecule has 110 valence electrons. The minimum atomic E-state index is -0.00191. The number of rotatable bonds is 5. The Morgan fingerprint density at radius 3 is 2.75 bits per heavy atom. The maximum absolute atomic E-state index is 8.72. The smallest absolute Gasteiger partial charge is 0.156 e. The normalized spacial score (nSPS) is 19.9. The summed E-state index contributed by atoms with van der Waals surface area (Å²) in [6.45, 7) is 6.91. The molecule has 0 aromatic carbocycles. The van der Waals surface area contributed by atoms with Crippen molar-refractivity contribution in [1.82, 2.24) is 14.8 Å². The fraction of sp³-hybridized carbons (Fsp3) is 0.571. The van der Waals surface area contributed by atoms with Crippen molar-refractivity contribution >= 4 is 5.84 Å². The Hall–Kier alpha value is -1.66. The fourth-order valence-corrected chi connectivity index (χ4v) is 2.46. The van der Waals surface area contributed by atoms with Gasteiger partial charge in [-0.1, -0.05) is 11.2 Å². The van der Waals surface area contributed by atoms with Gasteiger partial charge in [0, 0.05) is 51.0 Å². The number of oxime groups is 1. The molecule has 1 aromatic rings. The van der Waals surface area contributed by atoms with Crippen LogP contribution < -0.4 is 5.73 Å². The van der Waals surface area contributed by atoms with Gasteiger partial charge in [0.2, 0.25) is 0 Å². The molecule has 1 aliphatic heterocycles. The van der Waals surface area contributed by atoms with E-state index < -0.39 is 0 Å². The van der Waals surface area contributed by atoms with E-state index in [0.29, 0.717) is 0 Å². The third-order valence-electron chi connectivity index (χ3n) is 3.91. The average Bonchev–Trinajstić information content (AvgIpc) is 2.53. The van der Waals surface area contributed by atoms with E-state index in [4.69, 9.17) is 10.9 Å². The monoisotopic (exact) mass is 277 g/mol. The van der Waals surface area contributed by atoms with Crippen LogP contribution >= 0.6 is 0 Å². The van der Waals surface area contributed by atoms with Gasteiger partial charge >= 0.3 is 0 Å². The van der Waals surface area contributed by atoms with Gasteiger partial charge in [-0.15, -0.1) is 0 Å². The highest BCUT2D eigenvalue weighted by Crippen LogP contribution is 2.07. The molecular formula is C14H23N5O. The second-order valence-electron chi connectivity index (χ2n) is 5.15. The van der Waals surface area contributed by atoms with Crippen molar-refractivity contribution in [1.29, 1.82) is 0 Å². The van der Waals surface area contributed by atoms with Gasteiger partial charge in [0.1, 0.15) is 0 Å². The molecule has 1 unspecified atom stereocenters. The zero-order valence-electron chi connectivity index (χ0n) is 11.9. The number of hydrogen-bond acceptors (Lipinski definition) is 5.